The summed E-state index contributed by atoms with van der Waals surface area (Å²) in [5.74, 6) is -1.23. The minimum absolute atomic E-state index is 0.391. The topological polar surface area (TPSA) is 71.1 Å². The van der Waals surface area contributed by atoms with Crippen LogP contribution in [0.15, 0.2) is 48.5 Å². The Morgan fingerprint density at radius 1 is 0.553 bits per heavy atom. The average molecular weight is 527 g/mol. The predicted molar refractivity (Wildman–Crippen MR) is 150 cm³/mol. The van der Waals surface area contributed by atoms with Crippen LogP contribution in [0.2, 0.25) is 0 Å². The molecular formula is C32H46O6. The minimum atomic E-state index is -1.01. The number of rotatable bonds is 20. The third-order valence-electron chi connectivity index (χ3n) is 6.52. The predicted octanol–water partition coefficient (Wildman–Crippen LogP) is 8.72. The molecule has 2 rings (SSSR count). The number of hydrogen-bond donors (Lipinski definition) is 0. The van der Waals surface area contributed by atoms with Crippen LogP contribution in [0.1, 0.15) is 130 Å². The van der Waals surface area contributed by atoms with Gasteiger partial charge in [-0.05, 0) is 67.5 Å². The van der Waals surface area contributed by atoms with Crippen LogP contribution in [0.3, 0.4) is 0 Å². The molecule has 0 saturated heterocycles. The molecule has 0 aliphatic carbocycles. The van der Waals surface area contributed by atoms with Crippen molar-refractivity contribution in [3.63, 3.8) is 0 Å². The minimum Gasteiger partial charge on any atom is -0.290 e. The first-order chi connectivity index (χ1) is 18.6. The fraction of sp³-hybridized carbons (Fsp3) is 0.562. The molecule has 2 aromatic carbocycles. The first-order valence-electron chi connectivity index (χ1n) is 14.5. The highest BCUT2D eigenvalue weighted by atomic mass is 17.3. The van der Waals surface area contributed by atoms with Crippen LogP contribution in [0, 0.1) is 0 Å². The molecule has 0 aliphatic rings. The normalized spacial score (nSPS) is 11.1. The lowest BCUT2D eigenvalue weighted by molar-refractivity contribution is -0.421. The zero-order valence-corrected chi connectivity index (χ0v) is 23.5. The summed E-state index contributed by atoms with van der Waals surface area (Å²) in [4.78, 5) is 45.7. The monoisotopic (exact) mass is 526 g/mol. The SMILES string of the molecule is CCCCCCCC(OOC(=O)c1ccc(CCCCC)cc1)OOC(=O)c1ccc(CCCCC)cc1. The van der Waals surface area contributed by atoms with Crippen molar-refractivity contribution in [3.05, 3.63) is 70.8 Å². The lowest BCUT2D eigenvalue weighted by Crippen LogP contribution is -2.22. The van der Waals surface area contributed by atoms with Crippen LogP contribution >= 0.6 is 0 Å². The molecule has 6 nitrogen and oxygen atoms in total. The van der Waals surface area contributed by atoms with E-state index in [0.29, 0.717) is 17.5 Å². The molecule has 210 valence electrons. The number of hydrogen-bond acceptors (Lipinski definition) is 6. The molecule has 2 aromatic rings. The van der Waals surface area contributed by atoms with E-state index in [9.17, 15) is 9.59 Å². The molecule has 0 aliphatic heterocycles. The molecule has 0 unspecified atom stereocenters. The maximum Gasteiger partial charge on any atom is 0.373 e. The van der Waals surface area contributed by atoms with Crippen LogP contribution < -0.4 is 0 Å². The van der Waals surface area contributed by atoms with E-state index in [2.05, 4.69) is 20.8 Å². The fourth-order valence-electron chi connectivity index (χ4n) is 4.09. The van der Waals surface area contributed by atoms with E-state index in [1.807, 2.05) is 24.3 Å². The highest BCUT2D eigenvalue weighted by Gasteiger charge is 2.19. The van der Waals surface area contributed by atoms with Gasteiger partial charge in [-0.25, -0.2) is 9.59 Å². The Balaban J connectivity index is 1.87. The second kappa shape index (κ2) is 19.4. The molecule has 0 aromatic heterocycles. The number of carbonyl (C=O) groups is 2. The first kappa shape index (κ1) is 31.5. The maximum atomic E-state index is 12.5. The summed E-state index contributed by atoms with van der Waals surface area (Å²) in [5.41, 5.74) is 3.15. The molecule has 0 bridgehead atoms. The lowest BCUT2D eigenvalue weighted by Gasteiger charge is -2.15. The summed E-state index contributed by atoms with van der Waals surface area (Å²) in [5, 5.41) is 0. The van der Waals surface area contributed by atoms with Crippen molar-refractivity contribution in [2.45, 2.75) is 117 Å². The summed E-state index contributed by atoms with van der Waals surface area (Å²) in [6.45, 7) is 6.51. The van der Waals surface area contributed by atoms with E-state index in [1.54, 1.807) is 24.3 Å². The van der Waals surface area contributed by atoms with Crippen LogP contribution in [0.25, 0.3) is 0 Å². The Labute approximate surface area is 228 Å². The van der Waals surface area contributed by atoms with Crippen LogP contribution in [0.5, 0.6) is 0 Å². The van der Waals surface area contributed by atoms with E-state index >= 15 is 0 Å². The fourth-order valence-corrected chi connectivity index (χ4v) is 4.09. The van der Waals surface area contributed by atoms with Crippen LogP contribution in [0.4, 0.5) is 0 Å². The van der Waals surface area contributed by atoms with E-state index in [4.69, 9.17) is 19.6 Å². The van der Waals surface area contributed by atoms with Gasteiger partial charge >= 0.3 is 11.9 Å². The molecule has 0 amide bonds. The van der Waals surface area contributed by atoms with Crippen molar-refractivity contribution in [2.75, 3.05) is 0 Å². The van der Waals surface area contributed by atoms with Gasteiger partial charge in [-0.1, -0.05) is 96.4 Å². The summed E-state index contributed by atoms with van der Waals surface area (Å²) in [6.07, 6.45) is 13.5. The second-order valence-corrected chi connectivity index (χ2v) is 9.87. The zero-order valence-electron chi connectivity index (χ0n) is 23.5. The summed E-state index contributed by atoms with van der Waals surface area (Å²) >= 11 is 0. The Hall–Kier alpha value is -2.70. The van der Waals surface area contributed by atoms with Gasteiger partial charge in [0.05, 0.1) is 11.1 Å². The molecule has 38 heavy (non-hydrogen) atoms. The molecule has 0 atom stereocenters. The van der Waals surface area contributed by atoms with Crippen molar-refractivity contribution in [2.24, 2.45) is 0 Å². The molecule has 0 radical (unpaired) electrons. The van der Waals surface area contributed by atoms with Gasteiger partial charge in [0.1, 0.15) is 0 Å². The van der Waals surface area contributed by atoms with Gasteiger partial charge in [0.25, 0.3) is 0 Å². The molecule has 0 N–H and O–H groups in total. The smallest absolute Gasteiger partial charge is 0.290 e. The first-order valence-corrected chi connectivity index (χ1v) is 14.5. The van der Waals surface area contributed by atoms with Gasteiger partial charge in [0, 0.05) is 6.42 Å². The number of aryl methyl sites for hydroxylation is 2. The van der Waals surface area contributed by atoms with Gasteiger partial charge < -0.3 is 0 Å². The summed E-state index contributed by atoms with van der Waals surface area (Å²) in [6, 6.07) is 14.7. The zero-order chi connectivity index (χ0) is 27.4. The lowest BCUT2D eigenvalue weighted by atomic mass is 10.1. The third kappa shape index (κ3) is 12.7. The van der Waals surface area contributed by atoms with E-state index in [0.717, 1.165) is 57.8 Å². The molecular weight excluding hydrogens is 480 g/mol. The highest BCUT2D eigenvalue weighted by molar-refractivity contribution is 5.89. The maximum absolute atomic E-state index is 12.5. The van der Waals surface area contributed by atoms with Gasteiger partial charge in [0.15, 0.2) is 0 Å². The van der Waals surface area contributed by atoms with Crippen molar-refractivity contribution in [1.82, 2.24) is 0 Å². The van der Waals surface area contributed by atoms with E-state index in [1.165, 1.54) is 36.8 Å². The van der Waals surface area contributed by atoms with Crippen LogP contribution in [-0.4, -0.2) is 18.2 Å². The molecule has 6 heteroatoms. The van der Waals surface area contributed by atoms with Crippen molar-refractivity contribution < 1.29 is 29.1 Å². The Morgan fingerprint density at radius 2 is 0.947 bits per heavy atom. The summed E-state index contributed by atoms with van der Waals surface area (Å²) in [7, 11) is 0. The van der Waals surface area contributed by atoms with Crippen LogP contribution in [-0.2, 0) is 32.4 Å². The number of unbranched alkanes of at least 4 members (excludes halogenated alkanes) is 8. The second-order valence-electron chi connectivity index (χ2n) is 9.87. The molecule has 0 spiro atoms. The quantitative estimate of drug-likeness (QED) is 0.0743. The summed E-state index contributed by atoms with van der Waals surface area (Å²) < 4.78 is 0. The Morgan fingerprint density at radius 3 is 1.37 bits per heavy atom. The number of carbonyl (C=O) groups excluding carboxylic acids is 2. The largest absolute Gasteiger partial charge is 0.373 e. The van der Waals surface area contributed by atoms with Gasteiger partial charge in [0.2, 0.25) is 6.29 Å². The Bertz CT molecular complexity index is 837. The van der Waals surface area contributed by atoms with Gasteiger partial charge in [-0.3, -0.25) is 9.78 Å². The molecule has 0 saturated carbocycles. The Kier molecular flexibility index (Phi) is 16.1. The van der Waals surface area contributed by atoms with E-state index in [-0.39, 0.29) is 0 Å². The molecule has 0 heterocycles. The van der Waals surface area contributed by atoms with Crippen molar-refractivity contribution in [1.29, 1.82) is 0 Å². The van der Waals surface area contributed by atoms with Crippen molar-refractivity contribution in [3.8, 4) is 0 Å². The highest BCUT2D eigenvalue weighted by Crippen LogP contribution is 2.16. The van der Waals surface area contributed by atoms with E-state index < -0.39 is 18.2 Å². The average Bonchev–Trinajstić information content (AvgIpc) is 2.94. The molecule has 0 fully saturated rings. The standard InChI is InChI=1S/C32H46O6/c1-4-7-10-11-14-17-30(35-37-31(33)28-22-18-26(19-23-28)15-12-8-5-2)36-38-32(34)29-24-20-27(21-25-29)16-13-9-6-3/h18-25,30H,4-17H2,1-3H3. The third-order valence-corrected chi connectivity index (χ3v) is 6.52. The number of benzene rings is 2. The van der Waals surface area contributed by atoms with Gasteiger partial charge in [-0.15, -0.1) is 9.78 Å². The van der Waals surface area contributed by atoms with Crippen molar-refractivity contribution >= 4 is 11.9 Å². The van der Waals surface area contributed by atoms with Gasteiger partial charge in [-0.2, -0.15) is 0 Å².